The van der Waals surface area contributed by atoms with Gasteiger partial charge in [0.05, 0.1) is 12.2 Å². The van der Waals surface area contributed by atoms with Crippen LogP contribution >= 0.6 is 0 Å². The fraction of sp³-hybridized carbons (Fsp3) is 0.571. The number of ether oxygens (including phenoxy) is 1. The van der Waals surface area contributed by atoms with E-state index in [2.05, 4.69) is 5.32 Å². The highest BCUT2D eigenvalue weighted by Gasteiger charge is 2.38. The summed E-state index contributed by atoms with van der Waals surface area (Å²) in [6.45, 7) is 3.51. The summed E-state index contributed by atoms with van der Waals surface area (Å²) in [5.41, 5.74) is -0.615. The minimum atomic E-state index is -1.29. The molecule has 1 aromatic carbocycles. The number of phenolic OH excluding ortho intramolecular Hbond substituents is 2. The molecule has 4 N–H and O–H groups in total. The van der Waals surface area contributed by atoms with E-state index in [1.165, 1.54) is 18.2 Å². The topological polar surface area (TPSA) is 82.0 Å². The standard InChI is InChI=1S/C14H20FNO4/c1-14(2,19)8-3-12(15)13(20-7-8)16-9-4-10(17)6-11(18)5-9/h4-6,8,12-13,16-19H,3,7H2,1-2H3. The maximum absolute atomic E-state index is 14.1. The van der Waals surface area contributed by atoms with Crippen molar-refractivity contribution in [2.75, 3.05) is 11.9 Å². The van der Waals surface area contributed by atoms with E-state index in [0.717, 1.165) is 0 Å². The van der Waals surface area contributed by atoms with Crippen molar-refractivity contribution in [2.45, 2.75) is 38.3 Å². The van der Waals surface area contributed by atoms with Crippen molar-refractivity contribution in [3.8, 4) is 11.5 Å². The third-order valence-corrected chi connectivity index (χ3v) is 3.53. The average molecular weight is 285 g/mol. The van der Waals surface area contributed by atoms with E-state index in [0.29, 0.717) is 5.69 Å². The third-order valence-electron chi connectivity index (χ3n) is 3.53. The molecule has 0 bridgehead atoms. The van der Waals surface area contributed by atoms with E-state index in [1.54, 1.807) is 13.8 Å². The molecule has 3 atom stereocenters. The number of aromatic hydroxyl groups is 2. The van der Waals surface area contributed by atoms with E-state index in [9.17, 15) is 19.7 Å². The summed E-state index contributed by atoms with van der Waals surface area (Å²) in [5, 5.41) is 31.4. The Bertz CT molecular complexity index is 454. The normalized spacial score (nSPS) is 27.3. The molecule has 0 amide bonds. The van der Waals surface area contributed by atoms with Gasteiger partial charge in [0.1, 0.15) is 17.7 Å². The second-order valence-corrected chi connectivity index (χ2v) is 5.74. The zero-order valence-corrected chi connectivity index (χ0v) is 11.5. The molecule has 1 saturated heterocycles. The molecule has 0 saturated carbocycles. The molecular weight excluding hydrogens is 265 g/mol. The van der Waals surface area contributed by atoms with E-state index < -0.39 is 18.0 Å². The number of hydrogen-bond acceptors (Lipinski definition) is 5. The van der Waals surface area contributed by atoms with E-state index in [-0.39, 0.29) is 30.4 Å². The van der Waals surface area contributed by atoms with Gasteiger partial charge >= 0.3 is 0 Å². The first-order chi connectivity index (χ1) is 9.25. The number of benzene rings is 1. The van der Waals surface area contributed by atoms with Crippen LogP contribution in [-0.2, 0) is 4.74 Å². The second kappa shape index (κ2) is 5.46. The average Bonchev–Trinajstić information content (AvgIpc) is 2.29. The van der Waals surface area contributed by atoms with Crippen LogP contribution in [0, 0.1) is 5.92 Å². The summed E-state index contributed by atoms with van der Waals surface area (Å²) in [6.07, 6.45) is -1.97. The van der Waals surface area contributed by atoms with Crippen LogP contribution in [0.3, 0.4) is 0 Å². The van der Waals surface area contributed by atoms with Gasteiger partial charge in [-0.2, -0.15) is 0 Å². The quantitative estimate of drug-likeness (QED) is 0.683. The number of alkyl halides is 1. The van der Waals surface area contributed by atoms with E-state index in [1.807, 2.05) is 0 Å². The molecule has 0 aromatic heterocycles. The first-order valence-corrected chi connectivity index (χ1v) is 6.53. The predicted octanol–water partition coefficient (Wildman–Crippen LogP) is 1.98. The monoisotopic (exact) mass is 285 g/mol. The molecule has 1 heterocycles. The summed E-state index contributed by atoms with van der Waals surface area (Å²) in [5.74, 6) is -0.505. The molecule has 112 valence electrons. The summed E-state index contributed by atoms with van der Waals surface area (Å²) in [7, 11) is 0. The maximum Gasteiger partial charge on any atom is 0.159 e. The largest absolute Gasteiger partial charge is 0.508 e. The Morgan fingerprint density at radius 2 is 1.85 bits per heavy atom. The number of rotatable bonds is 3. The second-order valence-electron chi connectivity index (χ2n) is 5.74. The van der Waals surface area contributed by atoms with Crippen molar-refractivity contribution < 1.29 is 24.4 Å². The molecule has 3 unspecified atom stereocenters. The van der Waals surface area contributed by atoms with Gasteiger partial charge in [0.2, 0.25) is 0 Å². The van der Waals surface area contributed by atoms with Crippen LogP contribution in [0.4, 0.5) is 10.1 Å². The number of phenols is 2. The number of halogens is 1. The van der Waals surface area contributed by atoms with Gasteiger partial charge < -0.3 is 25.4 Å². The Morgan fingerprint density at radius 3 is 2.35 bits per heavy atom. The van der Waals surface area contributed by atoms with Crippen LogP contribution < -0.4 is 5.32 Å². The zero-order chi connectivity index (χ0) is 14.9. The molecule has 1 aliphatic rings. The lowest BCUT2D eigenvalue weighted by atomic mass is 9.85. The molecular formula is C14H20FNO4. The number of nitrogens with one attached hydrogen (secondary N) is 1. The van der Waals surface area contributed by atoms with Crippen molar-refractivity contribution in [1.29, 1.82) is 0 Å². The lowest BCUT2D eigenvalue weighted by Crippen LogP contribution is -2.47. The SMILES string of the molecule is CC(C)(O)C1COC(Nc2cc(O)cc(O)c2)C(F)C1. The fourth-order valence-electron chi connectivity index (χ4n) is 2.25. The maximum atomic E-state index is 14.1. The van der Waals surface area contributed by atoms with Crippen molar-refractivity contribution in [1.82, 2.24) is 0 Å². The van der Waals surface area contributed by atoms with Gasteiger partial charge in [-0.3, -0.25) is 0 Å². The van der Waals surface area contributed by atoms with Crippen LogP contribution in [0.2, 0.25) is 0 Å². The molecule has 2 rings (SSSR count). The van der Waals surface area contributed by atoms with Gasteiger partial charge in [0.15, 0.2) is 6.23 Å². The van der Waals surface area contributed by atoms with Crippen molar-refractivity contribution >= 4 is 5.69 Å². The molecule has 0 aliphatic carbocycles. The summed E-state index contributed by atoms with van der Waals surface area (Å²) < 4.78 is 19.5. The lowest BCUT2D eigenvalue weighted by Gasteiger charge is -2.38. The van der Waals surface area contributed by atoms with Gasteiger partial charge in [-0.1, -0.05) is 0 Å². The zero-order valence-electron chi connectivity index (χ0n) is 11.5. The third kappa shape index (κ3) is 3.52. The summed E-state index contributed by atoms with van der Waals surface area (Å²) >= 11 is 0. The predicted molar refractivity (Wildman–Crippen MR) is 72.4 cm³/mol. The Kier molecular flexibility index (Phi) is 4.06. The first kappa shape index (κ1) is 14.9. The Hall–Kier alpha value is -1.53. The number of anilines is 1. The lowest BCUT2D eigenvalue weighted by molar-refractivity contribution is -0.111. The Morgan fingerprint density at radius 1 is 1.25 bits per heavy atom. The first-order valence-electron chi connectivity index (χ1n) is 6.53. The highest BCUT2D eigenvalue weighted by atomic mass is 19.1. The van der Waals surface area contributed by atoms with Gasteiger partial charge in [0.25, 0.3) is 0 Å². The smallest absolute Gasteiger partial charge is 0.159 e. The van der Waals surface area contributed by atoms with E-state index >= 15 is 0 Å². The molecule has 1 aromatic rings. The highest BCUT2D eigenvalue weighted by Crippen LogP contribution is 2.32. The van der Waals surface area contributed by atoms with Gasteiger partial charge in [-0.25, -0.2) is 4.39 Å². The minimum absolute atomic E-state index is 0.118. The molecule has 0 spiro atoms. The number of hydrogen-bond donors (Lipinski definition) is 4. The van der Waals surface area contributed by atoms with Crippen LogP contribution in [0.5, 0.6) is 11.5 Å². The van der Waals surface area contributed by atoms with Gasteiger partial charge in [0, 0.05) is 29.8 Å². The molecule has 6 heteroatoms. The molecule has 1 aliphatic heterocycles. The fourth-order valence-corrected chi connectivity index (χ4v) is 2.25. The minimum Gasteiger partial charge on any atom is -0.508 e. The molecule has 1 fully saturated rings. The number of aliphatic hydroxyl groups is 1. The van der Waals surface area contributed by atoms with Gasteiger partial charge in [-0.05, 0) is 20.3 Å². The van der Waals surface area contributed by atoms with E-state index in [4.69, 9.17) is 4.74 Å². The Labute approximate surface area is 117 Å². The summed E-state index contributed by atoms with van der Waals surface area (Å²) in [4.78, 5) is 0. The van der Waals surface area contributed by atoms with Crippen LogP contribution in [-0.4, -0.2) is 39.9 Å². The van der Waals surface area contributed by atoms with Gasteiger partial charge in [-0.15, -0.1) is 0 Å². The highest BCUT2D eigenvalue weighted by molar-refractivity contribution is 5.53. The van der Waals surface area contributed by atoms with Crippen LogP contribution in [0.25, 0.3) is 0 Å². The summed E-state index contributed by atoms with van der Waals surface area (Å²) in [6, 6.07) is 3.93. The van der Waals surface area contributed by atoms with Crippen LogP contribution in [0.1, 0.15) is 20.3 Å². The Balaban J connectivity index is 2.01. The molecule has 0 radical (unpaired) electrons. The van der Waals surface area contributed by atoms with Crippen molar-refractivity contribution in [2.24, 2.45) is 5.92 Å². The molecule has 5 nitrogen and oxygen atoms in total. The van der Waals surface area contributed by atoms with Crippen LogP contribution in [0.15, 0.2) is 18.2 Å². The van der Waals surface area contributed by atoms with Crippen molar-refractivity contribution in [3.05, 3.63) is 18.2 Å². The molecule has 20 heavy (non-hydrogen) atoms. The van der Waals surface area contributed by atoms with Crippen molar-refractivity contribution in [3.63, 3.8) is 0 Å².